The Kier molecular flexibility index (Phi) is 7.97. The van der Waals surface area contributed by atoms with Crippen LogP contribution in [0.5, 0.6) is 0 Å². The van der Waals surface area contributed by atoms with Gasteiger partial charge in [0.15, 0.2) is 6.10 Å². The maximum atomic E-state index is 12.8. The molecule has 0 radical (unpaired) electrons. The van der Waals surface area contributed by atoms with Gasteiger partial charge in [-0.15, -0.1) is 0 Å². The van der Waals surface area contributed by atoms with E-state index in [0.29, 0.717) is 24.3 Å². The topological polar surface area (TPSA) is 92.8 Å². The zero-order valence-electron chi connectivity index (χ0n) is 18.9. The molecule has 0 aromatic heterocycles. The maximum absolute atomic E-state index is 12.8. The fourth-order valence-electron chi connectivity index (χ4n) is 3.16. The first kappa shape index (κ1) is 24.6. The van der Waals surface area contributed by atoms with E-state index in [1.807, 2.05) is 26.0 Å². The molecule has 2 aromatic rings. The van der Waals surface area contributed by atoms with Crippen molar-refractivity contribution in [1.82, 2.24) is 4.31 Å². The summed E-state index contributed by atoms with van der Waals surface area (Å²) in [7, 11) is -3.72. The second-order valence-corrected chi connectivity index (χ2v) is 9.36. The van der Waals surface area contributed by atoms with Crippen LogP contribution in [0.3, 0.4) is 0 Å². The first-order chi connectivity index (χ1) is 14.5. The Balaban J connectivity index is 2.20. The molecule has 2 rings (SSSR count). The van der Waals surface area contributed by atoms with E-state index < -0.39 is 28.0 Å². The van der Waals surface area contributed by atoms with E-state index in [-0.39, 0.29) is 10.5 Å². The number of carbonyl (C=O) groups is 2. The van der Waals surface area contributed by atoms with Crippen LogP contribution in [-0.4, -0.2) is 43.8 Å². The van der Waals surface area contributed by atoms with Gasteiger partial charge in [0.05, 0.1) is 10.5 Å². The molecular formula is C23H30N2O5S. The summed E-state index contributed by atoms with van der Waals surface area (Å²) in [5, 5.41) is 2.76. The third kappa shape index (κ3) is 5.71. The summed E-state index contributed by atoms with van der Waals surface area (Å²) < 4.78 is 32.2. The maximum Gasteiger partial charge on any atom is 0.339 e. The highest BCUT2D eigenvalue weighted by Gasteiger charge is 2.25. The minimum absolute atomic E-state index is 0.0149. The Bertz CT molecular complexity index is 1080. The van der Waals surface area contributed by atoms with Crippen molar-refractivity contribution in [2.75, 3.05) is 18.4 Å². The zero-order chi connectivity index (χ0) is 23.3. The van der Waals surface area contributed by atoms with Crippen LogP contribution in [0, 0.1) is 20.8 Å². The molecule has 0 aliphatic carbocycles. The van der Waals surface area contributed by atoms with Gasteiger partial charge in [0.1, 0.15) is 0 Å². The van der Waals surface area contributed by atoms with Gasteiger partial charge in [-0.25, -0.2) is 13.2 Å². The number of aryl methyl sites for hydroxylation is 3. The van der Waals surface area contributed by atoms with Crippen molar-refractivity contribution in [3.05, 3.63) is 58.7 Å². The predicted octanol–water partition coefficient (Wildman–Crippen LogP) is 3.83. The van der Waals surface area contributed by atoms with Crippen molar-refractivity contribution in [2.24, 2.45) is 0 Å². The van der Waals surface area contributed by atoms with Crippen molar-refractivity contribution in [1.29, 1.82) is 0 Å². The third-order valence-corrected chi connectivity index (χ3v) is 7.11. The number of rotatable bonds is 8. The minimum Gasteiger partial charge on any atom is -0.449 e. The van der Waals surface area contributed by atoms with Crippen LogP contribution in [-0.2, 0) is 19.6 Å². The van der Waals surface area contributed by atoms with Gasteiger partial charge < -0.3 is 10.1 Å². The van der Waals surface area contributed by atoms with Crippen molar-refractivity contribution >= 4 is 27.6 Å². The molecule has 0 saturated heterocycles. The van der Waals surface area contributed by atoms with Crippen LogP contribution in [0.4, 0.5) is 5.69 Å². The monoisotopic (exact) mass is 446 g/mol. The van der Waals surface area contributed by atoms with E-state index in [9.17, 15) is 18.0 Å². The summed E-state index contributed by atoms with van der Waals surface area (Å²) in [6, 6.07) is 9.95. The first-order valence-corrected chi connectivity index (χ1v) is 11.6. The van der Waals surface area contributed by atoms with Gasteiger partial charge in [-0.1, -0.05) is 37.6 Å². The third-order valence-electron chi connectivity index (χ3n) is 5.06. The Hall–Kier alpha value is -2.71. The van der Waals surface area contributed by atoms with E-state index in [0.717, 1.165) is 11.1 Å². The molecule has 0 aliphatic heterocycles. The van der Waals surface area contributed by atoms with Gasteiger partial charge >= 0.3 is 5.97 Å². The predicted molar refractivity (Wildman–Crippen MR) is 121 cm³/mol. The smallest absolute Gasteiger partial charge is 0.339 e. The van der Waals surface area contributed by atoms with Crippen molar-refractivity contribution in [3.8, 4) is 0 Å². The number of benzene rings is 2. The highest BCUT2D eigenvalue weighted by molar-refractivity contribution is 7.89. The number of amides is 1. The molecule has 2 aromatic carbocycles. The van der Waals surface area contributed by atoms with Crippen LogP contribution < -0.4 is 5.32 Å². The number of sulfonamides is 1. The summed E-state index contributed by atoms with van der Waals surface area (Å²) in [6.45, 7) is 11.1. The lowest BCUT2D eigenvalue weighted by molar-refractivity contribution is -0.123. The zero-order valence-corrected chi connectivity index (χ0v) is 19.7. The Labute approximate surface area is 184 Å². The Morgan fingerprint density at radius 2 is 1.65 bits per heavy atom. The molecule has 168 valence electrons. The van der Waals surface area contributed by atoms with Gasteiger partial charge in [0.2, 0.25) is 10.0 Å². The molecule has 0 bridgehead atoms. The van der Waals surface area contributed by atoms with Crippen LogP contribution in [0.25, 0.3) is 0 Å². The van der Waals surface area contributed by atoms with E-state index in [4.69, 9.17) is 4.74 Å². The van der Waals surface area contributed by atoms with Gasteiger partial charge in [0, 0.05) is 18.8 Å². The van der Waals surface area contributed by atoms with Gasteiger partial charge in [-0.3, -0.25) is 4.79 Å². The van der Waals surface area contributed by atoms with E-state index in [1.54, 1.807) is 32.9 Å². The van der Waals surface area contributed by atoms with Crippen molar-refractivity contribution in [3.63, 3.8) is 0 Å². The fourth-order valence-corrected chi connectivity index (χ4v) is 4.64. The molecule has 1 amide bonds. The SMILES string of the molecule is CCN(CC)S(=O)(=O)c1ccc(C)c(C(=O)OC(C)C(=O)Nc2ccc(C)cc2C)c1. The molecule has 0 saturated carbocycles. The Morgan fingerprint density at radius 1 is 1.00 bits per heavy atom. The molecule has 1 N–H and O–H groups in total. The van der Waals surface area contributed by atoms with Crippen LogP contribution in [0.15, 0.2) is 41.3 Å². The summed E-state index contributed by atoms with van der Waals surface area (Å²) >= 11 is 0. The Morgan fingerprint density at radius 3 is 2.23 bits per heavy atom. The molecular weight excluding hydrogens is 416 g/mol. The van der Waals surface area contributed by atoms with Crippen molar-refractivity contribution < 1.29 is 22.7 Å². The van der Waals surface area contributed by atoms with Gasteiger partial charge in [-0.05, 0) is 57.0 Å². The van der Waals surface area contributed by atoms with E-state index >= 15 is 0 Å². The normalized spacial score (nSPS) is 12.5. The number of esters is 1. The molecule has 1 atom stereocenters. The number of hydrogen-bond donors (Lipinski definition) is 1. The lowest BCUT2D eigenvalue weighted by Crippen LogP contribution is -2.31. The molecule has 7 nitrogen and oxygen atoms in total. The molecule has 0 fully saturated rings. The highest BCUT2D eigenvalue weighted by Crippen LogP contribution is 2.21. The number of nitrogens with zero attached hydrogens (tertiary/aromatic N) is 1. The largest absolute Gasteiger partial charge is 0.449 e. The summed E-state index contributed by atoms with van der Waals surface area (Å²) in [6.07, 6.45) is -1.06. The highest BCUT2D eigenvalue weighted by atomic mass is 32.2. The number of ether oxygens (including phenoxy) is 1. The standard InChI is InChI=1S/C23H30N2O5S/c1-7-25(8-2)31(28,29)19-11-10-16(4)20(14-19)23(27)30-18(6)22(26)24-21-12-9-15(3)13-17(21)5/h9-14,18H,7-8H2,1-6H3,(H,24,26). The molecule has 0 spiro atoms. The van der Waals surface area contributed by atoms with Gasteiger partial charge in [0.25, 0.3) is 5.91 Å². The second kappa shape index (κ2) is 10.1. The molecule has 0 aliphatic rings. The van der Waals surface area contributed by atoms with E-state index in [2.05, 4.69) is 5.32 Å². The quantitative estimate of drug-likeness (QED) is 0.622. The minimum atomic E-state index is -3.72. The second-order valence-electron chi connectivity index (χ2n) is 7.42. The molecule has 1 unspecified atom stereocenters. The van der Waals surface area contributed by atoms with Crippen LogP contribution in [0.1, 0.15) is 47.8 Å². The van der Waals surface area contributed by atoms with Gasteiger partial charge in [-0.2, -0.15) is 4.31 Å². The lowest BCUT2D eigenvalue weighted by atomic mass is 10.1. The van der Waals surface area contributed by atoms with Crippen molar-refractivity contribution in [2.45, 2.75) is 52.5 Å². The average Bonchev–Trinajstić information content (AvgIpc) is 2.70. The first-order valence-electron chi connectivity index (χ1n) is 10.2. The lowest BCUT2D eigenvalue weighted by Gasteiger charge is -2.19. The number of anilines is 1. The van der Waals surface area contributed by atoms with Crippen LogP contribution in [0.2, 0.25) is 0 Å². The summed E-state index contributed by atoms with van der Waals surface area (Å²) in [5.41, 5.74) is 3.29. The molecule has 0 heterocycles. The average molecular weight is 447 g/mol. The number of hydrogen-bond acceptors (Lipinski definition) is 5. The summed E-state index contributed by atoms with van der Waals surface area (Å²) in [4.78, 5) is 25.2. The number of nitrogens with one attached hydrogen (secondary N) is 1. The molecule has 8 heteroatoms. The number of carbonyl (C=O) groups excluding carboxylic acids is 2. The fraction of sp³-hybridized carbons (Fsp3) is 0.391. The summed E-state index contributed by atoms with van der Waals surface area (Å²) in [5.74, 6) is -1.22. The molecule has 31 heavy (non-hydrogen) atoms. The van der Waals surface area contributed by atoms with E-state index in [1.165, 1.54) is 23.4 Å². The van der Waals surface area contributed by atoms with Crippen LogP contribution >= 0.6 is 0 Å².